The van der Waals surface area contributed by atoms with Gasteiger partial charge in [-0.15, -0.1) is 0 Å². The molecule has 54 heavy (non-hydrogen) atoms. The van der Waals surface area contributed by atoms with Gasteiger partial charge >= 0.3 is 0 Å². The zero-order valence-corrected chi connectivity index (χ0v) is 31.9. The molecule has 0 saturated carbocycles. The summed E-state index contributed by atoms with van der Waals surface area (Å²) in [5.74, 6) is 0. The van der Waals surface area contributed by atoms with E-state index in [1.54, 1.807) is 0 Å². The molecule has 0 unspecified atom stereocenters. The molecule has 0 amide bonds. The van der Waals surface area contributed by atoms with Crippen molar-refractivity contribution in [2.75, 3.05) is 9.80 Å². The Kier molecular flexibility index (Phi) is 12.3. The molecule has 0 heterocycles. The summed E-state index contributed by atoms with van der Waals surface area (Å²) in [4.78, 5) is 4.98. The Morgan fingerprint density at radius 3 is 0.870 bits per heavy atom. The molecule has 2 nitrogen and oxygen atoms in total. The average Bonchev–Trinajstić information content (AvgIpc) is 3.21. The highest BCUT2D eigenvalue weighted by atomic mass is 15.1. The topological polar surface area (TPSA) is 6.48 Å². The van der Waals surface area contributed by atoms with E-state index < -0.39 is 0 Å². The molecule has 0 bridgehead atoms. The predicted octanol–water partition coefficient (Wildman–Crippen LogP) is 12.3. The van der Waals surface area contributed by atoms with E-state index >= 15 is 0 Å². The summed E-state index contributed by atoms with van der Waals surface area (Å²) in [6.07, 6.45) is 4.17. The lowest BCUT2D eigenvalue weighted by Crippen LogP contribution is -2.22. The van der Waals surface area contributed by atoms with Gasteiger partial charge in [0, 0.05) is 37.6 Å². The fraction of sp³-hybridized carbons (Fsp3) is 0.192. The van der Waals surface area contributed by atoms with Gasteiger partial charge in [0.2, 0.25) is 0 Å². The Morgan fingerprint density at radius 1 is 0.296 bits per heavy atom. The van der Waals surface area contributed by atoms with Crippen LogP contribution in [0.4, 0.5) is 11.4 Å². The van der Waals surface area contributed by atoms with Crippen molar-refractivity contribution < 1.29 is 0 Å². The fourth-order valence-electron chi connectivity index (χ4n) is 7.44. The normalized spacial score (nSPS) is 11.0. The van der Waals surface area contributed by atoms with Crippen molar-refractivity contribution in [1.29, 1.82) is 0 Å². The van der Waals surface area contributed by atoms with Crippen LogP contribution >= 0.6 is 0 Å². The van der Waals surface area contributed by atoms with Crippen LogP contribution in [0.5, 0.6) is 0 Å². The third-order valence-corrected chi connectivity index (χ3v) is 10.6. The van der Waals surface area contributed by atoms with Crippen molar-refractivity contribution in [2.24, 2.45) is 0 Å². The van der Waals surface area contributed by atoms with Gasteiger partial charge < -0.3 is 9.80 Å². The standard InChI is InChI=1S/C52H52N2/c1-41-35-51(53(37-45-15-7-3-8-16-45)38-46-17-9-4-10-18-46)33-31-49(41)29-27-43-23-25-44(26-24-43)28-30-50-32-34-52(36-42(50)2)54(39-47-19-11-5-12-20-47)40-48-21-13-6-14-22-48/h3-26,31-36H,27-30,37-40H2,1-2H3. The molecule has 0 N–H and O–H groups in total. The Morgan fingerprint density at radius 2 is 0.593 bits per heavy atom. The van der Waals surface area contributed by atoms with E-state index in [-0.39, 0.29) is 0 Å². The molecule has 7 aromatic rings. The molecule has 0 aromatic heterocycles. The lowest BCUT2D eigenvalue weighted by molar-refractivity contribution is 0.798. The highest BCUT2D eigenvalue weighted by molar-refractivity contribution is 5.53. The smallest absolute Gasteiger partial charge is 0.0433 e. The molecule has 0 aliphatic carbocycles. The molecule has 7 rings (SSSR count). The van der Waals surface area contributed by atoms with Gasteiger partial charge in [-0.05, 0) is 119 Å². The predicted molar refractivity (Wildman–Crippen MR) is 229 cm³/mol. The largest absolute Gasteiger partial charge is 0.363 e. The Bertz CT molecular complexity index is 1930. The SMILES string of the molecule is Cc1cc(N(Cc2ccccc2)Cc2ccccc2)ccc1CCc1ccc(CCc2ccc(N(Cc3ccccc3)Cc3ccccc3)cc2C)cc1. The van der Waals surface area contributed by atoms with Gasteiger partial charge in [-0.3, -0.25) is 0 Å². The second kappa shape index (κ2) is 18.3. The number of anilines is 2. The molecule has 0 atom stereocenters. The molecule has 0 aliphatic rings. The summed E-state index contributed by atoms with van der Waals surface area (Å²) in [7, 11) is 0. The van der Waals surface area contributed by atoms with E-state index in [0.29, 0.717) is 0 Å². The van der Waals surface area contributed by atoms with Crippen LogP contribution < -0.4 is 9.80 Å². The molecule has 2 heteroatoms. The van der Waals surface area contributed by atoms with Crippen LogP contribution in [-0.4, -0.2) is 0 Å². The van der Waals surface area contributed by atoms with Gasteiger partial charge in [-0.1, -0.05) is 158 Å². The number of nitrogens with zero attached hydrogens (tertiary/aromatic N) is 2. The number of hydrogen-bond acceptors (Lipinski definition) is 2. The van der Waals surface area contributed by atoms with Crippen molar-refractivity contribution in [3.05, 3.63) is 238 Å². The number of rotatable bonds is 16. The molecule has 7 aromatic carbocycles. The van der Waals surface area contributed by atoms with E-state index in [0.717, 1.165) is 51.9 Å². The van der Waals surface area contributed by atoms with Gasteiger partial charge in [0.15, 0.2) is 0 Å². The maximum absolute atomic E-state index is 2.49. The lowest BCUT2D eigenvalue weighted by Gasteiger charge is -2.26. The molecule has 0 aliphatic heterocycles. The van der Waals surface area contributed by atoms with Crippen LogP contribution in [0.3, 0.4) is 0 Å². The Hall–Kier alpha value is -5.86. The zero-order chi connectivity index (χ0) is 37.0. The third kappa shape index (κ3) is 10.2. The fourth-order valence-corrected chi connectivity index (χ4v) is 7.44. The van der Waals surface area contributed by atoms with Gasteiger partial charge in [-0.25, -0.2) is 0 Å². The summed E-state index contributed by atoms with van der Waals surface area (Å²) in [5, 5.41) is 0. The van der Waals surface area contributed by atoms with Crippen LogP contribution in [-0.2, 0) is 51.9 Å². The first-order valence-electron chi connectivity index (χ1n) is 19.5. The van der Waals surface area contributed by atoms with Gasteiger partial charge in [0.1, 0.15) is 0 Å². The van der Waals surface area contributed by atoms with E-state index in [1.165, 1.54) is 67.0 Å². The minimum absolute atomic E-state index is 0.883. The average molecular weight is 705 g/mol. The second-order valence-corrected chi connectivity index (χ2v) is 14.7. The molecular formula is C52H52N2. The highest BCUT2D eigenvalue weighted by Crippen LogP contribution is 2.26. The van der Waals surface area contributed by atoms with E-state index in [2.05, 4.69) is 206 Å². The summed E-state index contributed by atoms with van der Waals surface area (Å²) >= 11 is 0. The molecule has 270 valence electrons. The summed E-state index contributed by atoms with van der Waals surface area (Å²) < 4.78 is 0. The van der Waals surface area contributed by atoms with Gasteiger partial charge in [0.05, 0.1) is 0 Å². The molecule has 0 spiro atoms. The van der Waals surface area contributed by atoms with E-state index in [4.69, 9.17) is 0 Å². The summed E-state index contributed by atoms with van der Waals surface area (Å²) in [6, 6.07) is 66.6. The maximum atomic E-state index is 2.49. The molecular weight excluding hydrogens is 653 g/mol. The van der Waals surface area contributed by atoms with Crippen LogP contribution in [0.15, 0.2) is 182 Å². The van der Waals surface area contributed by atoms with Crippen molar-refractivity contribution in [3.63, 3.8) is 0 Å². The van der Waals surface area contributed by atoms with Crippen LogP contribution in [0.25, 0.3) is 0 Å². The molecule has 0 saturated heterocycles. The third-order valence-electron chi connectivity index (χ3n) is 10.6. The summed E-state index contributed by atoms with van der Waals surface area (Å²) in [5.41, 5.74) is 16.2. The minimum atomic E-state index is 0.883. The van der Waals surface area contributed by atoms with Crippen molar-refractivity contribution in [3.8, 4) is 0 Å². The minimum Gasteiger partial charge on any atom is -0.363 e. The highest BCUT2D eigenvalue weighted by Gasteiger charge is 2.13. The van der Waals surface area contributed by atoms with Crippen molar-refractivity contribution >= 4 is 11.4 Å². The number of benzene rings is 7. The van der Waals surface area contributed by atoms with Crippen LogP contribution in [0.2, 0.25) is 0 Å². The number of hydrogen-bond donors (Lipinski definition) is 0. The Labute approximate surface area is 323 Å². The quantitative estimate of drug-likeness (QED) is 0.0988. The van der Waals surface area contributed by atoms with Gasteiger partial charge in [0.25, 0.3) is 0 Å². The first-order valence-corrected chi connectivity index (χ1v) is 19.5. The van der Waals surface area contributed by atoms with E-state index in [1.807, 2.05) is 0 Å². The first kappa shape index (κ1) is 36.5. The van der Waals surface area contributed by atoms with Crippen molar-refractivity contribution in [1.82, 2.24) is 0 Å². The Balaban J connectivity index is 0.952. The van der Waals surface area contributed by atoms with Gasteiger partial charge in [-0.2, -0.15) is 0 Å². The lowest BCUT2D eigenvalue weighted by atomic mass is 9.97. The van der Waals surface area contributed by atoms with E-state index in [9.17, 15) is 0 Å². The van der Waals surface area contributed by atoms with Crippen LogP contribution in [0.1, 0.15) is 55.6 Å². The molecule has 0 radical (unpaired) electrons. The number of aryl methyl sites for hydroxylation is 6. The van der Waals surface area contributed by atoms with Crippen LogP contribution in [0, 0.1) is 13.8 Å². The summed E-state index contributed by atoms with van der Waals surface area (Å²) in [6.45, 7) is 8.07. The first-order chi connectivity index (χ1) is 26.6. The second-order valence-electron chi connectivity index (χ2n) is 14.7. The zero-order valence-electron chi connectivity index (χ0n) is 31.9. The maximum Gasteiger partial charge on any atom is 0.0433 e. The van der Waals surface area contributed by atoms with Crippen molar-refractivity contribution in [2.45, 2.75) is 65.7 Å². The molecule has 0 fully saturated rings. The monoisotopic (exact) mass is 704 g/mol.